The van der Waals surface area contributed by atoms with Crippen molar-refractivity contribution in [2.24, 2.45) is 0 Å². The maximum Gasteiger partial charge on any atom is 0.255 e. The molecule has 0 radical (unpaired) electrons. The highest BCUT2D eigenvalue weighted by Gasteiger charge is 2.12. The first kappa shape index (κ1) is 17.1. The molecule has 0 spiro atoms. The van der Waals surface area contributed by atoms with E-state index in [1.807, 2.05) is 12.1 Å². The van der Waals surface area contributed by atoms with Gasteiger partial charge in [-0.2, -0.15) is 0 Å². The number of aromatic nitrogens is 2. The number of carbonyl (C=O) groups excluding carboxylic acids is 1. The highest BCUT2D eigenvalue weighted by molar-refractivity contribution is 6.32. The number of anilines is 1. The number of pyridine rings is 1. The highest BCUT2D eigenvalue weighted by atomic mass is 35.5. The minimum absolute atomic E-state index is 0.281. The van der Waals surface area contributed by atoms with Gasteiger partial charge in [0.25, 0.3) is 5.91 Å². The summed E-state index contributed by atoms with van der Waals surface area (Å²) >= 11 is 6.08. The number of methoxy groups -OCH3 is 1. The predicted molar refractivity (Wildman–Crippen MR) is 103 cm³/mol. The summed E-state index contributed by atoms with van der Waals surface area (Å²) < 4.78 is 10.9. The van der Waals surface area contributed by atoms with Crippen LogP contribution in [0.4, 0.5) is 5.69 Å². The van der Waals surface area contributed by atoms with Gasteiger partial charge in [-0.15, -0.1) is 0 Å². The number of nitrogens with one attached hydrogen (secondary N) is 1. The van der Waals surface area contributed by atoms with Gasteiger partial charge in [-0.3, -0.25) is 9.78 Å². The van der Waals surface area contributed by atoms with Crippen LogP contribution in [0.15, 0.2) is 65.3 Å². The lowest BCUT2D eigenvalue weighted by Gasteiger charge is -2.07. The van der Waals surface area contributed by atoms with Crippen LogP contribution in [0.1, 0.15) is 10.4 Å². The molecule has 7 heteroatoms. The predicted octanol–water partition coefficient (Wildman–Crippen LogP) is 4.80. The third kappa shape index (κ3) is 3.47. The number of fused-ring (bicyclic) bond motifs is 1. The molecule has 0 fully saturated rings. The van der Waals surface area contributed by atoms with Crippen molar-refractivity contribution in [3.05, 3.63) is 71.5 Å². The Labute approximate surface area is 159 Å². The quantitative estimate of drug-likeness (QED) is 0.551. The summed E-state index contributed by atoms with van der Waals surface area (Å²) in [6.45, 7) is 0. The van der Waals surface area contributed by atoms with Gasteiger partial charge in [0, 0.05) is 29.2 Å². The highest BCUT2D eigenvalue weighted by Crippen LogP contribution is 2.27. The van der Waals surface area contributed by atoms with Crippen LogP contribution >= 0.6 is 11.6 Å². The first-order chi connectivity index (χ1) is 13.1. The molecule has 1 N–H and O–H groups in total. The van der Waals surface area contributed by atoms with E-state index < -0.39 is 0 Å². The van der Waals surface area contributed by atoms with E-state index >= 15 is 0 Å². The Kier molecular flexibility index (Phi) is 4.48. The van der Waals surface area contributed by atoms with Crippen molar-refractivity contribution in [2.45, 2.75) is 0 Å². The number of oxazole rings is 1. The van der Waals surface area contributed by atoms with E-state index in [1.54, 1.807) is 48.8 Å². The van der Waals surface area contributed by atoms with Crippen molar-refractivity contribution in [2.75, 3.05) is 12.4 Å². The van der Waals surface area contributed by atoms with Crippen LogP contribution < -0.4 is 10.1 Å². The lowest BCUT2D eigenvalue weighted by atomic mass is 10.2. The number of hydrogen-bond donors (Lipinski definition) is 1. The molecule has 0 aliphatic carbocycles. The molecule has 0 saturated carbocycles. The van der Waals surface area contributed by atoms with Gasteiger partial charge in [0.15, 0.2) is 5.58 Å². The second-order valence-electron chi connectivity index (χ2n) is 5.74. The van der Waals surface area contributed by atoms with Crippen LogP contribution in [0.5, 0.6) is 5.75 Å². The second-order valence-corrected chi connectivity index (χ2v) is 6.15. The minimum atomic E-state index is -0.281. The molecule has 2 heterocycles. The summed E-state index contributed by atoms with van der Waals surface area (Å²) in [5.74, 6) is 0.732. The van der Waals surface area contributed by atoms with Gasteiger partial charge >= 0.3 is 0 Å². The monoisotopic (exact) mass is 379 g/mol. The van der Waals surface area contributed by atoms with Crippen molar-refractivity contribution >= 4 is 34.3 Å². The van der Waals surface area contributed by atoms with E-state index in [1.165, 1.54) is 7.11 Å². The Morgan fingerprint density at radius 3 is 2.67 bits per heavy atom. The molecular weight excluding hydrogens is 366 g/mol. The Morgan fingerprint density at radius 1 is 1.11 bits per heavy atom. The molecule has 2 aromatic carbocycles. The lowest BCUT2D eigenvalue weighted by molar-refractivity contribution is 0.102. The first-order valence-corrected chi connectivity index (χ1v) is 8.48. The number of amides is 1. The van der Waals surface area contributed by atoms with Crippen LogP contribution in [0, 0.1) is 0 Å². The normalized spacial score (nSPS) is 10.7. The Bertz CT molecular complexity index is 1130. The SMILES string of the molecule is COc1ccc(C(=O)Nc2ccc3oc(-c4ccncc4)nc3c2)cc1Cl. The number of rotatable bonds is 4. The van der Waals surface area contributed by atoms with Gasteiger partial charge in [-0.25, -0.2) is 4.98 Å². The number of hydrogen-bond acceptors (Lipinski definition) is 5. The van der Waals surface area contributed by atoms with Gasteiger partial charge in [-0.05, 0) is 48.5 Å². The molecule has 0 aliphatic heterocycles. The van der Waals surface area contributed by atoms with Crippen molar-refractivity contribution in [3.8, 4) is 17.2 Å². The minimum Gasteiger partial charge on any atom is -0.495 e. The fourth-order valence-electron chi connectivity index (χ4n) is 2.63. The fourth-order valence-corrected chi connectivity index (χ4v) is 2.89. The van der Waals surface area contributed by atoms with Crippen LogP contribution in [0.25, 0.3) is 22.6 Å². The summed E-state index contributed by atoms with van der Waals surface area (Å²) in [7, 11) is 1.52. The first-order valence-electron chi connectivity index (χ1n) is 8.10. The maximum absolute atomic E-state index is 12.5. The summed E-state index contributed by atoms with van der Waals surface area (Å²) in [5, 5.41) is 3.21. The van der Waals surface area contributed by atoms with Crippen molar-refractivity contribution < 1.29 is 13.9 Å². The van der Waals surface area contributed by atoms with E-state index in [0.29, 0.717) is 39.0 Å². The molecule has 6 nitrogen and oxygen atoms in total. The smallest absolute Gasteiger partial charge is 0.255 e. The molecule has 1 amide bonds. The Hall–Kier alpha value is -3.38. The van der Waals surface area contributed by atoms with E-state index in [0.717, 1.165) is 5.56 Å². The fraction of sp³-hybridized carbons (Fsp3) is 0.0500. The third-order valence-corrected chi connectivity index (χ3v) is 4.28. The Balaban J connectivity index is 1.59. The number of nitrogens with zero attached hydrogens (tertiary/aromatic N) is 2. The average molecular weight is 380 g/mol. The Morgan fingerprint density at radius 2 is 1.93 bits per heavy atom. The van der Waals surface area contributed by atoms with Gasteiger partial charge < -0.3 is 14.5 Å². The number of benzene rings is 2. The zero-order chi connectivity index (χ0) is 18.8. The standard InChI is InChI=1S/C20H14ClN3O3/c1-26-17-4-2-13(10-15(17)21)19(25)23-14-3-5-18-16(11-14)24-20(27-18)12-6-8-22-9-7-12/h2-11H,1H3,(H,23,25). The molecule has 0 aliphatic rings. The maximum atomic E-state index is 12.5. The summed E-state index contributed by atoms with van der Waals surface area (Å²) in [5.41, 5.74) is 3.15. The topological polar surface area (TPSA) is 77.2 Å². The molecule has 0 atom stereocenters. The van der Waals surface area contributed by atoms with Crippen molar-refractivity contribution in [1.82, 2.24) is 9.97 Å². The van der Waals surface area contributed by atoms with Crippen LogP contribution in [-0.2, 0) is 0 Å². The van der Waals surface area contributed by atoms with E-state index in [2.05, 4.69) is 15.3 Å². The zero-order valence-electron chi connectivity index (χ0n) is 14.3. The lowest BCUT2D eigenvalue weighted by Crippen LogP contribution is -2.11. The van der Waals surface area contributed by atoms with E-state index in [9.17, 15) is 4.79 Å². The second kappa shape index (κ2) is 7.09. The van der Waals surface area contributed by atoms with Gasteiger partial charge in [0.1, 0.15) is 11.3 Å². The number of ether oxygens (including phenoxy) is 1. The molecule has 2 aromatic heterocycles. The number of carbonyl (C=O) groups is 1. The molecule has 4 aromatic rings. The van der Waals surface area contributed by atoms with Gasteiger partial charge in [-0.1, -0.05) is 11.6 Å². The van der Waals surface area contributed by atoms with Crippen LogP contribution in [0.3, 0.4) is 0 Å². The summed E-state index contributed by atoms with van der Waals surface area (Å²) in [6.07, 6.45) is 3.35. The molecule has 0 saturated heterocycles. The van der Waals surface area contributed by atoms with Gasteiger partial charge in [0.05, 0.1) is 12.1 Å². The van der Waals surface area contributed by atoms with Crippen molar-refractivity contribution in [1.29, 1.82) is 0 Å². The van der Waals surface area contributed by atoms with Crippen LogP contribution in [0.2, 0.25) is 5.02 Å². The molecule has 0 bridgehead atoms. The third-order valence-electron chi connectivity index (χ3n) is 3.99. The molecular formula is C20H14ClN3O3. The van der Waals surface area contributed by atoms with Gasteiger partial charge in [0.2, 0.25) is 5.89 Å². The van der Waals surface area contributed by atoms with Crippen molar-refractivity contribution in [3.63, 3.8) is 0 Å². The van der Waals surface area contributed by atoms with Crippen LogP contribution in [-0.4, -0.2) is 23.0 Å². The number of halogens is 1. The van der Waals surface area contributed by atoms with E-state index in [-0.39, 0.29) is 5.91 Å². The molecule has 4 rings (SSSR count). The summed E-state index contributed by atoms with van der Waals surface area (Å²) in [4.78, 5) is 20.9. The molecule has 27 heavy (non-hydrogen) atoms. The van der Waals surface area contributed by atoms with E-state index in [4.69, 9.17) is 20.8 Å². The summed E-state index contributed by atoms with van der Waals surface area (Å²) in [6, 6.07) is 13.8. The average Bonchev–Trinajstić information content (AvgIpc) is 3.12. The largest absolute Gasteiger partial charge is 0.495 e. The zero-order valence-corrected chi connectivity index (χ0v) is 15.0. The molecule has 0 unspecified atom stereocenters. The molecule has 134 valence electrons.